The van der Waals surface area contributed by atoms with Crippen LogP contribution in [-0.2, 0) is 19.6 Å². The molecule has 1 aliphatic carbocycles. The van der Waals surface area contributed by atoms with Crippen molar-refractivity contribution in [3.05, 3.63) is 23.8 Å². The molecule has 0 spiro atoms. The highest BCUT2D eigenvalue weighted by Gasteiger charge is 2.57. The van der Waals surface area contributed by atoms with Gasteiger partial charge in [0.1, 0.15) is 10.6 Å². The molecular formula is C18H23NO7S. The van der Waals surface area contributed by atoms with Crippen LogP contribution in [0.2, 0.25) is 0 Å². The first-order chi connectivity index (χ1) is 12.8. The molecule has 2 fully saturated rings. The number of aliphatic carboxylic acids is 1. The molecule has 1 aromatic carbocycles. The quantitative estimate of drug-likeness (QED) is 0.728. The Labute approximate surface area is 158 Å². The third-order valence-corrected chi connectivity index (χ3v) is 7.39. The lowest BCUT2D eigenvalue weighted by atomic mass is 9.81. The van der Waals surface area contributed by atoms with Crippen LogP contribution in [0.4, 0.5) is 0 Å². The van der Waals surface area contributed by atoms with E-state index in [1.807, 2.05) is 0 Å². The average Bonchev–Trinajstić information content (AvgIpc) is 3.20. The van der Waals surface area contributed by atoms with E-state index in [9.17, 15) is 23.1 Å². The van der Waals surface area contributed by atoms with Gasteiger partial charge in [0.15, 0.2) is 0 Å². The summed E-state index contributed by atoms with van der Waals surface area (Å²) in [4.78, 5) is 23.7. The van der Waals surface area contributed by atoms with Crippen molar-refractivity contribution < 1.29 is 32.6 Å². The topological polar surface area (TPSA) is 110 Å². The van der Waals surface area contributed by atoms with Crippen molar-refractivity contribution in [2.75, 3.05) is 26.8 Å². The first-order valence-corrected chi connectivity index (χ1v) is 10.3. The van der Waals surface area contributed by atoms with Gasteiger partial charge in [0.05, 0.1) is 24.7 Å². The highest BCUT2D eigenvalue weighted by molar-refractivity contribution is 7.89. The van der Waals surface area contributed by atoms with Crippen LogP contribution in [0.25, 0.3) is 0 Å². The number of carboxylic acid groups (broad SMARTS) is 1. The molecule has 1 saturated carbocycles. The minimum atomic E-state index is -4.03. The third kappa shape index (κ3) is 3.19. The molecule has 8 nitrogen and oxygen atoms in total. The molecular weight excluding hydrogens is 374 g/mol. The lowest BCUT2D eigenvalue weighted by Gasteiger charge is -2.23. The summed E-state index contributed by atoms with van der Waals surface area (Å²) in [5.41, 5.74) is -0.928. The molecule has 27 heavy (non-hydrogen) atoms. The molecule has 0 amide bonds. The molecule has 0 aromatic heterocycles. The SMILES string of the molecule is CCOC(=O)c1ccc(OC)c(S(=O)(=O)N2C[C@@H]3CCC[C@@]3(C(=O)O)C2)c1. The van der Waals surface area contributed by atoms with Gasteiger partial charge in [0.25, 0.3) is 0 Å². The van der Waals surface area contributed by atoms with Gasteiger partial charge < -0.3 is 14.6 Å². The predicted octanol–water partition coefficient (Wildman–Crippen LogP) is 1.75. The number of ether oxygens (including phenoxy) is 2. The van der Waals surface area contributed by atoms with Gasteiger partial charge in [-0.1, -0.05) is 6.42 Å². The summed E-state index contributed by atoms with van der Waals surface area (Å²) < 4.78 is 37.8. The van der Waals surface area contributed by atoms with Gasteiger partial charge in [-0.2, -0.15) is 4.31 Å². The van der Waals surface area contributed by atoms with Crippen LogP contribution in [0, 0.1) is 11.3 Å². The number of methoxy groups -OCH3 is 1. The largest absolute Gasteiger partial charge is 0.495 e. The summed E-state index contributed by atoms with van der Waals surface area (Å²) in [7, 11) is -2.69. The van der Waals surface area contributed by atoms with E-state index in [2.05, 4.69) is 0 Å². The van der Waals surface area contributed by atoms with Crippen molar-refractivity contribution >= 4 is 22.0 Å². The van der Waals surface area contributed by atoms with Gasteiger partial charge in [0, 0.05) is 13.1 Å². The van der Waals surface area contributed by atoms with E-state index in [0.29, 0.717) is 12.8 Å². The summed E-state index contributed by atoms with van der Waals surface area (Å²) in [6, 6.07) is 4.07. The fraction of sp³-hybridized carbons (Fsp3) is 0.556. The summed E-state index contributed by atoms with van der Waals surface area (Å²) in [6.45, 7) is 1.92. The number of sulfonamides is 1. The summed E-state index contributed by atoms with van der Waals surface area (Å²) >= 11 is 0. The maximum absolute atomic E-state index is 13.2. The van der Waals surface area contributed by atoms with E-state index < -0.39 is 27.4 Å². The smallest absolute Gasteiger partial charge is 0.338 e. The zero-order chi connectivity index (χ0) is 19.8. The summed E-state index contributed by atoms with van der Waals surface area (Å²) in [5, 5.41) is 9.70. The minimum absolute atomic E-state index is 0.0673. The lowest BCUT2D eigenvalue weighted by Crippen LogP contribution is -2.37. The van der Waals surface area contributed by atoms with Gasteiger partial charge >= 0.3 is 11.9 Å². The van der Waals surface area contributed by atoms with Crippen LogP contribution in [0.1, 0.15) is 36.5 Å². The monoisotopic (exact) mass is 397 g/mol. The fourth-order valence-electron chi connectivity index (χ4n) is 4.13. The van der Waals surface area contributed by atoms with Crippen LogP contribution >= 0.6 is 0 Å². The number of carboxylic acids is 1. The first kappa shape index (κ1) is 19.6. The molecule has 0 unspecified atom stereocenters. The van der Waals surface area contributed by atoms with E-state index >= 15 is 0 Å². The number of benzene rings is 1. The van der Waals surface area contributed by atoms with Gasteiger partial charge in [-0.25, -0.2) is 13.2 Å². The maximum Gasteiger partial charge on any atom is 0.338 e. The summed E-state index contributed by atoms with van der Waals surface area (Å²) in [5.74, 6) is -1.68. The Hall–Kier alpha value is -2.13. The van der Waals surface area contributed by atoms with Gasteiger partial charge in [-0.3, -0.25) is 4.79 Å². The molecule has 1 heterocycles. The van der Waals surface area contributed by atoms with Crippen LogP contribution in [0.5, 0.6) is 5.75 Å². The molecule has 2 atom stereocenters. The minimum Gasteiger partial charge on any atom is -0.495 e. The predicted molar refractivity (Wildman–Crippen MR) is 95.1 cm³/mol. The van der Waals surface area contributed by atoms with Crippen LogP contribution in [-0.4, -0.2) is 56.6 Å². The number of carbonyl (C=O) groups excluding carboxylic acids is 1. The molecule has 148 valence electrons. The second-order valence-electron chi connectivity index (χ2n) is 6.93. The fourth-order valence-corrected chi connectivity index (χ4v) is 5.87. The highest BCUT2D eigenvalue weighted by atomic mass is 32.2. The highest BCUT2D eigenvalue weighted by Crippen LogP contribution is 2.50. The second-order valence-corrected chi connectivity index (χ2v) is 8.84. The van der Waals surface area contributed by atoms with E-state index in [4.69, 9.17) is 9.47 Å². The Morgan fingerprint density at radius 1 is 1.37 bits per heavy atom. The number of fused-ring (bicyclic) bond motifs is 1. The Morgan fingerprint density at radius 2 is 2.11 bits per heavy atom. The molecule has 1 N–H and O–H groups in total. The molecule has 1 saturated heterocycles. The molecule has 3 rings (SSSR count). The zero-order valence-corrected chi connectivity index (χ0v) is 16.1. The van der Waals surface area contributed by atoms with Crippen molar-refractivity contribution in [2.24, 2.45) is 11.3 Å². The standard InChI is InChI=1S/C18H23NO7S/c1-3-26-16(20)12-6-7-14(25-2)15(9-12)27(23,24)19-10-13-5-4-8-18(13,11-19)17(21)22/h6-7,9,13H,3-5,8,10-11H2,1-2H3,(H,21,22)/t13-,18+/m0/s1. The van der Waals surface area contributed by atoms with Crippen molar-refractivity contribution in [1.82, 2.24) is 4.31 Å². The Kier molecular flexibility index (Phi) is 5.18. The Morgan fingerprint density at radius 3 is 2.70 bits per heavy atom. The van der Waals surface area contributed by atoms with E-state index in [-0.39, 0.29) is 41.8 Å². The number of hydrogen-bond donors (Lipinski definition) is 1. The molecule has 1 aliphatic heterocycles. The number of rotatable bonds is 6. The maximum atomic E-state index is 13.2. The van der Waals surface area contributed by atoms with Crippen molar-refractivity contribution in [2.45, 2.75) is 31.1 Å². The number of esters is 1. The molecule has 1 aromatic rings. The van der Waals surface area contributed by atoms with Crippen molar-refractivity contribution in [3.63, 3.8) is 0 Å². The summed E-state index contributed by atoms with van der Waals surface area (Å²) in [6.07, 6.45) is 1.95. The molecule has 0 bridgehead atoms. The van der Waals surface area contributed by atoms with E-state index in [1.165, 1.54) is 29.6 Å². The van der Waals surface area contributed by atoms with Gasteiger partial charge in [0.2, 0.25) is 10.0 Å². The van der Waals surface area contributed by atoms with Crippen molar-refractivity contribution in [3.8, 4) is 5.75 Å². The van der Waals surface area contributed by atoms with E-state index in [0.717, 1.165) is 6.42 Å². The number of hydrogen-bond acceptors (Lipinski definition) is 6. The van der Waals surface area contributed by atoms with E-state index in [1.54, 1.807) is 6.92 Å². The molecule has 0 radical (unpaired) electrons. The Bertz CT molecular complexity index is 866. The number of carbonyl (C=O) groups is 2. The van der Waals surface area contributed by atoms with Crippen LogP contribution < -0.4 is 4.74 Å². The Balaban J connectivity index is 1.99. The normalized spacial score (nSPS) is 25.2. The van der Waals surface area contributed by atoms with Gasteiger partial charge in [-0.15, -0.1) is 0 Å². The molecule has 2 aliphatic rings. The number of nitrogens with zero attached hydrogens (tertiary/aromatic N) is 1. The third-order valence-electron chi connectivity index (χ3n) is 5.56. The van der Waals surface area contributed by atoms with Crippen LogP contribution in [0.3, 0.4) is 0 Å². The molecule has 9 heteroatoms. The van der Waals surface area contributed by atoms with Gasteiger partial charge in [-0.05, 0) is 43.9 Å². The second kappa shape index (κ2) is 7.12. The first-order valence-electron chi connectivity index (χ1n) is 8.85. The lowest BCUT2D eigenvalue weighted by molar-refractivity contribution is -0.149. The average molecular weight is 397 g/mol. The van der Waals surface area contributed by atoms with Crippen molar-refractivity contribution in [1.29, 1.82) is 0 Å². The van der Waals surface area contributed by atoms with Crippen LogP contribution in [0.15, 0.2) is 23.1 Å². The zero-order valence-electron chi connectivity index (χ0n) is 15.3.